The maximum Gasteiger partial charge on any atom is 0.417 e. The number of rotatable bonds is 6. The number of ether oxygens (including phenoxy) is 2. The van der Waals surface area contributed by atoms with E-state index in [1.54, 1.807) is 24.9 Å². The highest BCUT2D eigenvalue weighted by atomic mass is 19.4. The van der Waals surface area contributed by atoms with Gasteiger partial charge in [-0.25, -0.2) is 13.8 Å². The molecular formula is C30H34F5N7O3. The van der Waals surface area contributed by atoms with Crippen LogP contribution in [0, 0.1) is 24.5 Å². The van der Waals surface area contributed by atoms with Crippen molar-refractivity contribution >= 4 is 28.3 Å². The lowest BCUT2D eigenvalue weighted by Gasteiger charge is -2.21. The highest BCUT2D eigenvalue weighted by Crippen LogP contribution is 2.44. The van der Waals surface area contributed by atoms with Crippen LogP contribution < -0.4 is 25.8 Å². The van der Waals surface area contributed by atoms with Crippen molar-refractivity contribution in [3.63, 3.8) is 0 Å². The fraction of sp³-hybridized carbons (Fsp3) is 0.467. The van der Waals surface area contributed by atoms with E-state index in [1.807, 2.05) is 0 Å². The second-order valence-corrected chi connectivity index (χ2v) is 11.4. The van der Waals surface area contributed by atoms with Crippen molar-refractivity contribution in [1.82, 2.24) is 25.2 Å². The molecule has 0 spiro atoms. The number of carbonyl (C=O) groups excluding carboxylic acids is 1. The van der Waals surface area contributed by atoms with E-state index in [-0.39, 0.29) is 54.0 Å². The molecule has 2 unspecified atom stereocenters. The molecule has 5 rings (SSSR count). The van der Waals surface area contributed by atoms with E-state index in [9.17, 15) is 22.4 Å². The summed E-state index contributed by atoms with van der Waals surface area (Å²) in [5, 5.41) is 6.55. The van der Waals surface area contributed by atoms with Crippen LogP contribution in [0.1, 0.15) is 37.3 Å². The molecule has 3 atom stereocenters. The Morgan fingerprint density at radius 3 is 2.67 bits per heavy atom. The van der Waals surface area contributed by atoms with Gasteiger partial charge in [-0.2, -0.15) is 23.1 Å². The van der Waals surface area contributed by atoms with E-state index in [0.29, 0.717) is 38.5 Å². The van der Waals surface area contributed by atoms with Crippen molar-refractivity contribution < 1.29 is 36.2 Å². The quantitative estimate of drug-likeness (QED) is 0.198. The third kappa shape index (κ3) is 6.58. The van der Waals surface area contributed by atoms with Gasteiger partial charge < -0.3 is 30.7 Å². The number of amides is 1. The SMILES string of the molecule is C=CCC1CNc2nc(OCC3CC(=O)N(C)C3)nc3c(F)c(-c4cc(N)c(F)c(C)c4C(F)(F)F)nc(c23)O[C@@H](C)CCN1. The summed E-state index contributed by atoms with van der Waals surface area (Å²) in [6.07, 6.45) is -2.53. The van der Waals surface area contributed by atoms with Crippen LogP contribution in [0.25, 0.3) is 22.2 Å². The summed E-state index contributed by atoms with van der Waals surface area (Å²) in [5.41, 5.74) is 0.926. The number of nitrogens with one attached hydrogen (secondary N) is 2. The van der Waals surface area contributed by atoms with Crippen LogP contribution in [-0.2, 0) is 11.0 Å². The molecule has 10 nitrogen and oxygen atoms in total. The Hall–Kier alpha value is -4.27. The Balaban J connectivity index is 1.73. The van der Waals surface area contributed by atoms with E-state index in [2.05, 4.69) is 32.2 Å². The largest absolute Gasteiger partial charge is 0.474 e. The third-order valence-corrected chi connectivity index (χ3v) is 7.93. The maximum atomic E-state index is 16.6. The molecule has 0 radical (unpaired) electrons. The average molecular weight is 636 g/mol. The molecule has 1 saturated heterocycles. The molecule has 15 heteroatoms. The Bertz CT molecular complexity index is 1630. The van der Waals surface area contributed by atoms with Gasteiger partial charge >= 0.3 is 12.2 Å². The summed E-state index contributed by atoms with van der Waals surface area (Å²) < 4.78 is 86.0. The summed E-state index contributed by atoms with van der Waals surface area (Å²) in [6.45, 7) is 7.77. The first-order valence-electron chi connectivity index (χ1n) is 14.5. The molecule has 4 heterocycles. The number of nitrogens with zero attached hydrogens (tertiary/aromatic N) is 4. The molecule has 0 aliphatic carbocycles. The molecule has 2 aliphatic rings. The van der Waals surface area contributed by atoms with Crippen molar-refractivity contribution in [2.24, 2.45) is 5.92 Å². The number of hydrogen-bond acceptors (Lipinski definition) is 9. The molecule has 242 valence electrons. The summed E-state index contributed by atoms with van der Waals surface area (Å²) in [5.74, 6) is -2.87. The Kier molecular flexibility index (Phi) is 9.01. The molecule has 45 heavy (non-hydrogen) atoms. The van der Waals surface area contributed by atoms with Crippen molar-refractivity contribution in [2.45, 2.75) is 51.4 Å². The van der Waals surface area contributed by atoms with Gasteiger partial charge in [0.05, 0.1) is 24.0 Å². The van der Waals surface area contributed by atoms with Gasteiger partial charge in [-0.15, -0.1) is 6.58 Å². The first kappa shape index (κ1) is 32.1. The lowest BCUT2D eigenvalue weighted by molar-refractivity contribution is -0.137. The number of likely N-dealkylation sites (tertiary alicyclic amines) is 1. The number of nitrogen functional groups attached to an aromatic ring is 1. The number of benzene rings is 1. The number of pyridine rings is 1. The van der Waals surface area contributed by atoms with E-state index in [4.69, 9.17) is 15.2 Å². The predicted molar refractivity (Wildman–Crippen MR) is 158 cm³/mol. The normalized spacial score (nSPS) is 20.8. The average Bonchev–Trinajstić information content (AvgIpc) is 3.28. The summed E-state index contributed by atoms with van der Waals surface area (Å²) in [7, 11) is 1.67. The van der Waals surface area contributed by atoms with Crippen LogP contribution >= 0.6 is 0 Å². The zero-order chi connectivity index (χ0) is 32.6. The summed E-state index contributed by atoms with van der Waals surface area (Å²) in [6, 6.07) is 0.345. The van der Waals surface area contributed by atoms with Crippen molar-refractivity contribution in [1.29, 1.82) is 0 Å². The van der Waals surface area contributed by atoms with E-state index >= 15 is 4.39 Å². The van der Waals surface area contributed by atoms with Gasteiger partial charge in [0.2, 0.25) is 11.8 Å². The minimum Gasteiger partial charge on any atom is -0.474 e. The minimum absolute atomic E-state index is 0.00848. The molecule has 1 aromatic carbocycles. The number of aromatic nitrogens is 3. The number of anilines is 2. The summed E-state index contributed by atoms with van der Waals surface area (Å²) >= 11 is 0. The number of carbonyl (C=O) groups is 1. The van der Waals surface area contributed by atoms with E-state index in [1.165, 1.54) is 0 Å². The molecule has 4 N–H and O–H groups in total. The minimum atomic E-state index is -5.07. The van der Waals surface area contributed by atoms with Gasteiger partial charge in [0.1, 0.15) is 28.2 Å². The van der Waals surface area contributed by atoms with Crippen molar-refractivity contribution in [3.8, 4) is 23.1 Å². The Morgan fingerprint density at radius 1 is 1.24 bits per heavy atom. The van der Waals surface area contributed by atoms with Gasteiger partial charge in [-0.1, -0.05) is 6.08 Å². The van der Waals surface area contributed by atoms with E-state index < -0.39 is 57.5 Å². The van der Waals surface area contributed by atoms with Crippen molar-refractivity contribution in [3.05, 3.63) is 41.5 Å². The van der Waals surface area contributed by atoms with Crippen LogP contribution in [-0.4, -0.2) is 71.2 Å². The monoisotopic (exact) mass is 635 g/mol. The Labute approximate surface area is 256 Å². The number of nitrogens with two attached hydrogens (primary N) is 1. The lowest BCUT2D eigenvalue weighted by Crippen LogP contribution is -2.36. The van der Waals surface area contributed by atoms with Crippen LogP contribution in [0.15, 0.2) is 18.7 Å². The molecule has 0 saturated carbocycles. The fourth-order valence-electron chi connectivity index (χ4n) is 5.61. The van der Waals surface area contributed by atoms with Gasteiger partial charge in [0.15, 0.2) is 5.82 Å². The molecular weight excluding hydrogens is 601 g/mol. The first-order valence-corrected chi connectivity index (χ1v) is 14.5. The zero-order valence-electron chi connectivity index (χ0n) is 25.0. The number of alkyl halides is 3. The van der Waals surface area contributed by atoms with Crippen LogP contribution in [0.3, 0.4) is 0 Å². The molecule has 0 bridgehead atoms. The standard InChI is InChI=1S/C30H34F5N7O3/c1-5-6-17-11-38-27-21-26(40-29(41-27)44-13-16-9-20(43)42(4)12-16)24(32)25(39-28(21)45-14(2)7-8-37-17)18-10-19(36)23(31)15(3)22(18)30(33,34)35/h5,10,14,16-17,37H,1,6-9,11-13,36H2,2-4H3,(H,38,40,41)/t14-,16?,17?/m0/s1. The van der Waals surface area contributed by atoms with Gasteiger partial charge in [0, 0.05) is 44.1 Å². The second kappa shape index (κ2) is 12.6. The predicted octanol–water partition coefficient (Wildman–Crippen LogP) is 4.85. The summed E-state index contributed by atoms with van der Waals surface area (Å²) in [4.78, 5) is 26.5. The molecule has 1 fully saturated rings. The molecule has 2 aromatic heterocycles. The van der Waals surface area contributed by atoms with Crippen LogP contribution in [0.5, 0.6) is 11.9 Å². The fourth-order valence-corrected chi connectivity index (χ4v) is 5.61. The zero-order valence-corrected chi connectivity index (χ0v) is 25.0. The molecule has 2 aliphatic heterocycles. The molecule has 3 aromatic rings. The number of hydrogen-bond donors (Lipinski definition) is 3. The Morgan fingerprint density at radius 2 is 2.00 bits per heavy atom. The highest BCUT2D eigenvalue weighted by Gasteiger charge is 2.39. The smallest absolute Gasteiger partial charge is 0.417 e. The second-order valence-electron chi connectivity index (χ2n) is 11.4. The van der Waals surface area contributed by atoms with Crippen molar-refractivity contribution in [2.75, 3.05) is 44.3 Å². The van der Waals surface area contributed by atoms with E-state index in [0.717, 1.165) is 6.92 Å². The van der Waals surface area contributed by atoms with Crippen LogP contribution in [0.4, 0.5) is 33.5 Å². The van der Waals surface area contributed by atoms with Gasteiger partial charge in [0.25, 0.3) is 0 Å². The third-order valence-electron chi connectivity index (χ3n) is 7.93. The maximum absolute atomic E-state index is 16.6. The topological polar surface area (TPSA) is 128 Å². The highest BCUT2D eigenvalue weighted by molar-refractivity contribution is 5.96. The molecule has 1 amide bonds. The van der Waals surface area contributed by atoms with Gasteiger partial charge in [-0.3, -0.25) is 4.79 Å². The van der Waals surface area contributed by atoms with Gasteiger partial charge in [-0.05, 0) is 44.9 Å². The van der Waals surface area contributed by atoms with Crippen LogP contribution in [0.2, 0.25) is 0 Å². The first-order chi connectivity index (χ1) is 21.3. The number of halogens is 5. The lowest BCUT2D eigenvalue weighted by atomic mass is 9.96.